The molecule has 0 fully saturated rings. The lowest BCUT2D eigenvalue weighted by Gasteiger charge is -2.13. The van der Waals surface area contributed by atoms with Crippen molar-refractivity contribution in [3.05, 3.63) is 62.1 Å². The second-order valence-corrected chi connectivity index (χ2v) is 5.21. The molecule has 0 atom stereocenters. The van der Waals surface area contributed by atoms with Gasteiger partial charge < -0.3 is 5.32 Å². The highest BCUT2D eigenvalue weighted by atomic mass is 35.5. The molecule has 0 aliphatic heterocycles. The van der Waals surface area contributed by atoms with Gasteiger partial charge in [-0.05, 0) is 12.1 Å². The molecule has 0 saturated carbocycles. The van der Waals surface area contributed by atoms with Crippen molar-refractivity contribution in [2.75, 3.05) is 5.32 Å². The first-order valence-electron chi connectivity index (χ1n) is 5.52. The van der Waals surface area contributed by atoms with E-state index >= 15 is 0 Å². The fraction of sp³-hybridized carbons (Fsp3) is 0.0769. The van der Waals surface area contributed by atoms with Crippen molar-refractivity contribution < 1.29 is 17.6 Å². The molecule has 1 N–H and O–H groups in total. The molecule has 8 heteroatoms. The number of hydrogen-bond donors (Lipinski definition) is 1. The van der Waals surface area contributed by atoms with Gasteiger partial charge in [0, 0.05) is 23.2 Å². The van der Waals surface area contributed by atoms with E-state index in [0.29, 0.717) is 0 Å². The van der Waals surface area contributed by atoms with E-state index in [1.807, 2.05) is 0 Å². The smallest absolute Gasteiger partial charge is 0.185 e. The Kier molecular flexibility index (Phi) is 4.86. The predicted octanol–water partition coefficient (Wildman–Crippen LogP) is 5.82. The minimum atomic E-state index is -1.54. The number of hydrogen-bond acceptors (Lipinski definition) is 1. The first-order chi connectivity index (χ1) is 9.82. The summed E-state index contributed by atoms with van der Waals surface area (Å²) in [7, 11) is 0. The molecule has 0 spiro atoms. The molecule has 0 aromatic heterocycles. The van der Waals surface area contributed by atoms with E-state index in [4.69, 9.17) is 34.8 Å². The normalized spacial score (nSPS) is 10.8. The van der Waals surface area contributed by atoms with Gasteiger partial charge in [-0.2, -0.15) is 0 Å². The fourth-order valence-electron chi connectivity index (χ4n) is 1.64. The number of benzene rings is 2. The van der Waals surface area contributed by atoms with Gasteiger partial charge in [-0.3, -0.25) is 0 Å². The van der Waals surface area contributed by atoms with Crippen molar-refractivity contribution in [1.82, 2.24) is 0 Å². The lowest BCUT2D eigenvalue weighted by atomic mass is 10.2. The molecular formula is C13H6Cl3F4N. The Morgan fingerprint density at radius 3 is 1.95 bits per heavy atom. The van der Waals surface area contributed by atoms with E-state index in [2.05, 4.69) is 5.32 Å². The summed E-state index contributed by atoms with van der Waals surface area (Å²) in [4.78, 5) is 0. The summed E-state index contributed by atoms with van der Waals surface area (Å²) < 4.78 is 53.1. The third-order valence-corrected chi connectivity index (χ3v) is 3.89. The van der Waals surface area contributed by atoms with Gasteiger partial charge in [0.05, 0.1) is 10.0 Å². The lowest BCUT2D eigenvalue weighted by Crippen LogP contribution is -2.08. The van der Waals surface area contributed by atoms with Crippen molar-refractivity contribution in [3.63, 3.8) is 0 Å². The topological polar surface area (TPSA) is 12.0 Å². The summed E-state index contributed by atoms with van der Waals surface area (Å²) in [6.45, 7) is -0.269. The van der Waals surface area contributed by atoms with Crippen LogP contribution in [0.15, 0.2) is 18.2 Å². The van der Waals surface area contributed by atoms with Crippen LogP contribution in [-0.4, -0.2) is 0 Å². The SMILES string of the molecule is Fc1cc(F)c(F)c(NCc2c(Cl)ccc(Cl)c2Cl)c1F. The minimum absolute atomic E-state index is 0.0781. The Labute approximate surface area is 132 Å². The maximum absolute atomic E-state index is 13.5. The Hall–Kier alpha value is -1.17. The second-order valence-electron chi connectivity index (χ2n) is 4.02. The third-order valence-electron chi connectivity index (χ3n) is 2.69. The molecule has 112 valence electrons. The predicted molar refractivity (Wildman–Crippen MR) is 75.1 cm³/mol. The van der Waals surface area contributed by atoms with E-state index in [1.54, 1.807) is 0 Å². The average molecular weight is 359 g/mol. The van der Waals surface area contributed by atoms with Crippen LogP contribution in [0.4, 0.5) is 23.2 Å². The van der Waals surface area contributed by atoms with Gasteiger partial charge in [-0.1, -0.05) is 34.8 Å². The second kappa shape index (κ2) is 6.30. The van der Waals surface area contributed by atoms with Crippen LogP contribution in [0, 0.1) is 23.3 Å². The van der Waals surface area contributed by atoms with Crippen LogP contribution in [0.1, 0.15) is 5.56 Å². The van der Waals surface area contributed by atoms with Crippen LogP contribution in [0.5, 0.6) is 0 Å². The Morgan fingerprint density at radius 1 is 0.857 bits per heavy atom. The van der Waals surface area contributed by atoms with Crippen molar-refractivity contribution in [2.24, 2.45) is 0 Å². The molecular weight excluding hydrogens is 353 g/mol. The average Bonchev–Trinajstić information content (AvgIpc) is 2.44. The molecule has 0 aliphatic rings. The van der Waals surface area contributed by atoms with E-state index in [1.165, 1.54) is 12.1 Å². The van der Waals surface area contributed by atoms with Crippen molar-refractivity contribution >= 4 is 40.5 Å². The van der Waals surface area contributed by atoms with Crippen molar-refractivity contribution in [2.45, 2.75) is 6.54 Å². The molecule has 21 heavy (non-hydrogen) atoms. The molecule has 2 aromatic carbocycles. The van der Waals surface area contributed by atoms with Crippen LogP contribution in [-0.2, 0) is 6.54 Å². The van der Waals surface area contributed by atoms with E-state index in [-0.39, 0.29) is 33.2 Å². The summed E-state index contributed by atoms with van der Waals surface area (Å²) in [5.74, 6) is -6.11. The Bertz CT molecular complexity index is 680. The van der Waals surface area contributed by atoms with Crippen LogP contribution >= 0.6 is 34.8 Å². The Morgan fingerprint density at radius 2 is 1.38 bits per heavy atom. The number of anilines is 1. The fourth-order valence-corrected chi connectivity index (χ4v) is 2.32. The maximum atomic E-state index is 13.5. The summed E-state index contributed by atoms with van der Waals surface area (Å²) in [5.41, 5.74) is -0.700. The molecule has 0 unspecified atom stereocenters. The van der Waals surface area contributed by atoms with Gasteiger partial charge in [0.15, 0.2) is 23.3 Å². The van der Waals surface area contributed by atoms with Gasteiger partial charge in [-0.25, -0.2) is 17.6 Å². The maximum Gasteiger partial charge on any atom is 0.185 e. The van der Waals surface area contributed by atoms with Gasteiger partial charge >= 0.3 is 0 Å². The van der Waals surface area contributed by atoms with Crippen LogP contribution in [0.2, 0.25) is 15.1 Å². The molecule has 0 bridgehead atoms. The molecule has 1 nitrogen and oxygen atoms in total. The molecule has 0 saturated heterocycles. The zero-order chi connectivity index (χ0) is 15.7. The molecule has 0 radical (unpaired) electrons. The lowest BCUT2D eigenvalue weighted by molar-refractivity contribution is 0.458. The van der Waals surface area contributed by atoms with E-state index in [9.17, 15) is 17.6 Å². The highest BCUT2D eigenvalue weighted by Gasteiger charge is 2.19. The zero-order valence-electron chi connectivity index (χ0n) is 10.1. The van der Waals surface area contributed by atoms with Gasteiger partial charge in [-0.15, -0.1) is 0 Å². The molecule has 2 aromatic rings. The van der Waals surface area contributed by atoms with E-state index < -0.39 is 29.0 Å². The number of nitrogens with one attached hydrogen (secondary N) is 1. The zero-order valence-corrected chi connectivity index (χ0v) is 12.4. The van der Waals surface area contributed by atoms with Gasteiger partial charge in [0.1, 0.15) is 5.69 Å². The molecule has 0 amide bonds. The molecule has 0 heterocycles. The van der Waals surface area contributed by atoms with Gasteiger partial charge in [0.25, 0.3) is 0 Å². The third kappa shape index (κ3) is 3.20. The monoisotopic (exact) mass is 357 g/mol. The summed E-state index contributed by atoms with van der Waals surface area (Å²) in [6.07, 6.45) is 0. The number of rotatable bonds is 3. The highest BCUT2D eigenvalue weighted by molar-refractivity contribution is 6.44. The van der Waals surface area contributed by atoms with Crippen molar-refractivity contribution in [3.8, 4) is 0 Å². The first kappa shape index (κ1) is 16.2. The Balaban J connectivity index is 2.36. The molecule has 0 aliphatic carbocycles. The standard InChI is InChI=1S/C13H6Cl3F4N/c14-6-1-2-7(15)10(16)5(6)4-21-13-11(19)8(17)3-9(18)12(13)20/h1-3,21H,4H2. The van der Waals surface area contributed by atoms with Crippen LogP contribution in [0.25, 0.3) is 0 Å². The number of halogens is 7. The van der Waals surface area contributed by atoms with E-state index in [0.717, 1.165) is 0 Å². The first-order valence-corrected chi connectivity index (χ1v) is 6.65. The van der Waals surface area contributed by atoms with Crippen molar-refractivity contribution in [1.29, 1.82) is 0 Å². The highest BCUT2D eigenvalue weighted by Crippen LogP contribution is 2.33. The summed E-state index contributed by atoms with van der Waals surface area (Å²) >= 11 is 17.6. The van der Waals surface area contributed by atoms with Crippen LogP contribution < -0.4 is 5.32 Å². The largest absolute Gasteiger partial charge is 0.376 e. The quantitative estimate of drug-likeness (QED) is 0.539. The summed E-state index contributed by atoms with van der Waals surface area (Å²) in [6, 6.07) is 3.00. The minimum Gasteiger partial charge on any atom is -0.376 e. The summed E-state index contributed by atoms with van der Waals surface area (Å²) in [5, 5.41) is 2.68. The van der Waals surface area contributed by atoms with Gasteiger partial charge in [0.2, 0.25) is 0 Å². The molecule has 2 rings (SSSR count). The van der Waals surface area contributed by atoms with Crippen LogP contribution in [0.3, 0.4) is 0 Å².